The molecule has 0 aliphatic carbocycles. The Morgan fingerprint density at radius 3 is 2.28 bits per heavy atom. The first-order valence-corrected chi connectivity index (χ1v) is 9.87. The van der Waals surface area contributed by atoms with Gasteiger partial charge in [0.15, 0.2) is 0 Å². The normalized spacial score (nSPS) is 19.7. The maximum atomic E-state index is 13.3. The third kappa shape index (κ3) is 4.36. The van der Waals surface area contributed by atoms with Crippen molar-refractivity contribution in [1.29, 1.82) is 0 Å². The van der Waals surface area contributed by atoms with Crippen LogP contribution in [-0.4, -0.2) is 53.8 Å². The monoisotopic (exact) mass is 399 g/mol. The average molecular weight is 399 g/mol. The summed E-state index contributed by atoms with van der Waals surface area (Å²) in [5.41, 5.74) is 1.52. The Kier molecular flexibility index (Phi) is 5.69. The number of nitrogens with zero attached hydrogens (tertiary/aromatic N) is 2. The lowest BCUT2D eigenvalue weighted by Crippen LogP contribution is -2.48. The Hall–Kier alpha value is -2.64. The van der Waals surface area contributed by atoms with Crippen LogP contribution in [0.25, 0.3) is 0 Å². The predicted molar refractivity (Wildman–Crippen MR) is 104 cm³/mol. The molecule has 7 heteroatoms. The zero-order valence-electron chi connectivity index (χ0n) is 16.0. The first-order chi connectivity index (χ1) is 14.0. The minimum atomic E-state index is -0.576. The highest BCUT2D eigenvalue weighted by atomic mass is 19.1. The fraction of sp³-hybridized carbons (Fsp3) is 0.364. The van der Waals surface area contributed by atoms with Gasteiger partial charge in [-0.2, -0.15) is 0 Å². The van der Waals surface area contributed by atoms with Gasteiger partial charge in [-0.15, -0.1) is 0 Å². The van der Waals surface area contributed by atoms with E-state index in [-0.39, 0.29) is 17.9 Å². The van der Waals surface area contributed by atoms with Crippen LogP contribution in [0.3, 0.4) is 0 Å². The summed E-state index contributed by atoms with van der Waals surface area (Å²) >= 11 is 0. The number of hydrogen-bond acceptors (Lipinski definition) is 4. The lowest BCUT2D eigenvalue weighted by atomic mass is 10.1. The summed E-state index contributed by atoms with van der Waals surface area (Å²) in [7, 11) is 0. The Morgan fingerprint density at radius 1 is 0.966 bits per heavy atom. The molecule has 0 spiro atoms. The van der Waals surface area contributed by atoms with Crippen LogP contribution in [0, 0.1) is 11.6 Å². The maximum Gasteiger partial charge on any atom is 0.261 e. The second kappa shape index (κ2) is 8.39. The van der Waals surface area contributed by atoms with Crippen LogP contribution in [0.2, 0.25) is 0 Å². The van der Waals surface area contributed by atoms with Crippen molar-refractivity contribution in [3.63, 3.8) is 0 Å². The number of benzene rings is 2. The molecule has 1 atom stereocenters. The van der Waals surface area contributed by atoms with E-state index < -0.39 is 11.6 Å². The topological polar surface area (TPSA) is 52.7 Å². The van der Waals surface area contributed by atoms with Gasteiger partial charge in [0.05, 0.1) is 11.1 Å². The zero-order valence-corrected chi connectivity index (χ0v) is 16.0. The van der Waals surface area contributed by atoms with Crippen molar-refractivity contribution in [3.05, 3.63) is 70.8 Å². The van der Waals surface area contributed by atoms with Gasteiger partial charge in [-0.25, -0.2) is 8.78 Å². The van der Waals surface area contributed by atoms with Crippen molar-refractivity contribution in [2.24, 2.45) is 0 Å². The summed E-state index contributed by atoms with van der Waals surface area (Å²) in [4.78, 5) is 28.5. The summed E-state index contributed by atoms with van der Waals surface area (Å²) in [6.45, 7) is 3.02. The van der Waals surface area contributed by atoms with Crippen LogP contribution < -0.4 is 5.32 Å². The number of imide groups is 1. The lowest BCUT2D eigenvalue weighted by Gasteiger charge is -2.34. The van der Waals surface area contributed by atoms with E-state index in [1.165, 1.54) is 17.0 Å². The summed E-state index contributed by atoms with van der Waals surface area (Å²) < 4.78 is 26.7. The largest absolute Gasteiger partial charge is 0.309 e. The van der Waals surface area contributed by atoms with Gasteiger partial charge in [-0.1, -0.05) is 12.1 Å². The number of hydrogen-bond donors (Lipinski definition) is 1. The third-order valence-corrected chi connectivity index (χ3v) is 5.54. The molecule has 0 aromatic heterocycles. The highest BCUT2D eigenvalue weighted by molar-refractivity contribution is 6.21. The molecule has 5 nitrogen and oxygen atoms in total. The smallest absolute Gasteiger partial charge is 0.261 e. The molecule has 2 heterocycles. The van der Waals surface area contributed by atoms with Crippen LogP contribution in [-0.2, 0) is 6.54 Å². The molecule has 2 amide bonds. The summed E-state index contributed by atoms with van der Waals surface area (Å²) in [6.07, 6.45) is 1.96. The van der Waals surface area contributed by atoms with Crippen LogP contribution in [0.15, 0.2) is 42.5 Å². The quantitative estimate of drug-likeness (QED) is 0.759. The molecule has 0 bridgehead atoms. The Morgan fingerprint density at radius 2 is 1.62 bits per heavy atom. The van der Waals surface area contributed by atoms with Gasteiger partial charge in [0.1, 0.15) is 11.6 Å². The van der Waals surface area contributed by atoms with Crippen LogP contribution >= 0.6 is 0 Å². The molecule has 1 saturated heterocycles. The highest BCUT2D eigenvalue weighted by Crippen LogP contribution is 2.22. The van der Waals surface area contributed by atoms with Crippen LogP contribution in [0.4, 0.5) is 8.78 Å². The van der Waals surface area contributed by atoms with E-state index in [4.69, 9.17) is 0 Å². The van der Waals surface area contributed by atoms with Gasteiger partial charge in [0, 0.05) is 38.3 Å². The number of piperidine rings is 1. The molecule has 152 valence electrons. The number of amides is 2. The lowest BCUT2D eigenvalue weighted by molar-refractivity contribution is 0.0627. The van der Waals surface area contributed by atoms with E-state index in [1.54, 1.807) is 24.3 Å². The molecule has 29 heavy (non-hydrogen) atoms. The van der Waals surface area contributed by atoms with Crippen molar-refractivity contribution in [1.82, 2.24) is 15.1 Å². The minimum absolute atomic E-state index is 0.192. The first kappa shape index (κ1) is 19.7. The standard InChI is InChI=1S/C22H23F2N3O2/c23-16-10-15(11-17(24)12-16)13-25-18-4-3-7-26(14-18)8-9-27-21(28)19-5-1-2-6-20(19)22(27)29/h1-2,5-6,10-12,18,25H,3-4,7-9,13-14H2. The molecule has 2 aromatic carbocycles. The maximum absolute atomic E-state index is 13.3. The van der Waals surface area contributed by atoms with E-state index in [0.717, 1.165) is 32.0 Å². The molecular formula is C22H23F2N3O2. The molecule has 0 saturated carbocycles. The molecule has 2 aromatic rings. The van der Waals surface area contributed by atoms with Gasteiger partial charge in [-0.05, 0) is 49.2 Å². The van der Waals surface area contributed by atoms with E-state index in [9.17, 15) is 18.4 Å². The molecule has 1 fully saturated rings. The van der Waals surface area contributed by atoms with Crippen molar-refractivity contribution >= 4 is 11.8 Å². The van der Waals surface area contributed by atoms with Crippen molar-refractivity contribution < 1.29 is 18.4 Å². The molecular weight excluding hydrogens is 376 g/mol. The van der Waals surface area contributed by atoms with Crippen molar-refractivity contribution in [2.45, 2.75) is 25.4 Å². The highest BCUT2D eigenvalue weighted by Gasteiger charge is 2.35. The summed E-state index contributed by atoms with van der Waals surface area (Å²) in [6, 6.07) is 10.6. The SMILES string of the molecule is O=C1c2ccccc2C(=O)N1CCN1CCCC(NCc2cc(F)cc(F)c2)C1. The van der Waals surface area contributed by atoms with Gasteiger partial charge in [-0.3, -0.25) is 14.5 Å². The molecule has 0 radical (unpaired) electrons. The second-order valence-corrected chi connectivity index (χ2v) is 7.61. The van der Waals surface area contributed by atoms with Crippen molar-refractivity contribution in [2.75, 3.05) is 26.2 Å². The van der Waals surface area contributed by atoms with E-state index in [2.05, 4.69) is 10.2 Å². The number of fused-ring (bicyclic) bond motifs is 1. The Balaban J connectivity index is 1.29. The van der Waals surface area contributed by atoms with Crippen molar-refractivity contribution in [3.8, 4) is 0 Å². The zero-order chi connectivity index (χ0) is 20.4. The number of carbonyl (C=O) groups excluding carboxylic acids is 2. The van der Waals surface area contributed by atoms with Crippen LogP contribution in [0.5, 0.6) is 0 Å². The van der Waals surface area contributed by atoms with Gasteiger partial charge in [0.25, 0.3) is 11.8 Å². The van der Waals surface area contributed by atoms with Gasteiger partial charge in [0.2, 0.25) is 0 Å². The summed E-state index contributed by atoms with van der Waals surface area (Å²) in [5, 5.41) is 3.36. The fourth-order valence-electron chi connectivity index (χ4n) is 4.08. The molecule has 2 aliphatic rings. The molecule has 2 aliphatic heterocycles. The number of rotatable bonds is 6. The average Bonchev–Trinajstić information content (AvgIpc) is 2.95. The Bertz CT molecular complexity index is 879. The van der Waals surface area contributed by atoms with Crippen LogP contribution in [0.1, 0.15) is 39.1 Å². The minimum Gasteiger partial charge on any atom is -0.309 e. The fourth-order valence-corrected chi connectivity index (χ4v) is 4.08. The number of nitrogens with one attached hydrogen (secondary N) is 1. The van der Waals surface area contributed by atoms with E-state index in [1.807, 2.05) is 0 Å². The number of halogens is 2. The Labute approximate surface area is 168 Å². The number of carbonyl (C=O) groups is 2. The summed E-state index contributed by atoms with van der Waals surface area (Å²) in [5.74, 6) is -1.61. The molecule has 1 N–H and O–H groups in total. The first-order valence-electron chi connectivity index (χ1n) is 9.87. The van der Waals surface area contributed by atoms with Gasteiger partial charge < -0.3 is 10.2 Å². The van der Waals surface area contributed by atoms with E-state index in [0.29, 0.717) is 36.3 Å². The molecule has 1 unspecified atom stereocenters. The predicted octanol–water partition coefficient (Wildman–Crippen LogP) is 2.82. The second-order valence-electron chi connectivity index (χ2n) is 7.61. The number of likely N-dealkylation sites (tertiary alicyclic amines) is 1. The van der Waals surface area contributed by atoms with Gasteiger partial charge >= 0.3 is 0 Å². The third-order valence-electron chi connectivity index (χ3n) is 5.54. The van der Waals surface area contributed by atoms with E-state index >= 15 is 0 Å². The molecule has 4 rings (SSSR count).